The predicted molar refractivity (Wildman–Crippen MR) is 124 cm³/mol. The summed E-state index contributed by atoms with van der Waals surface area (Å²) in [5, 5.41) is 2.86. The molecule has 164 valence electrons. The van der Waals surface area contributed by atoms with Crippen LogP contribution in [0.5, 0.6) is 34.5 Å². The van der Waals surface area contributed by atoms with Gasteiger partial charge in [-0.25, -0.2) is 0 Å². The third-order valence-corrected chi connectivity index (χ3v) is 7.37. The summed E-state index contributed by atoms with van der Waals surface area (Å²) < 4.78 is 33.8. The summed E-state index contributed by atoms with van der Waals surface area (Å²) in [6.07, 6.45) is 0. The van der Waals surface area contributed by atoms with Crippen molar-refractivity contribution in [2.45, 2.75) is 0 Å². The Hall–Kier alpha value is -3.11. The van der Waals surface area contributed by atoms with Crippen molar-refractivity contribution in [1.82, 2.24) is 0 Å². The Bertz CT molecular complexity index is 905. The maximum atomic E-state index is 5.75. The maximum absolute atomic E-state index is 5.75. The van der Waals surface area contributed by atoms with Gasteiger partial charge in [-0.1, -0.05) is 0 Å². The van der Waals surface area contributed by atoms with Gasteiger partial charge in [0.25, 0.3) is 0 Å². The molecule has 3 rings (SSSR count). The molecule has 0 bridgehead atoms. The van der Waals surface area contributed by atoms with Gasteiger partial charge in [0.2, 0.25) is 0 Å². The van der Waals surface area contributed by atoms with E-state index in [1.807, 2.05) is 54.6 Å². The van der Waals surface area contributed by atoms with Gasteiger partial charge in [0, 0.05) is 15.9 Å². The van der Waals surface area contributed by atoms with Crippen molar-refractivity contribution >= 4 is 23.8 Å². The quantitative estimate of drug-likeness (QED) is 0.473. The molecular weight excluding hydrogens is 415 g/mol. The van der Waals surface area contributed by atoms with E-state index in [-0.39, 0.29) is 0 Å². The molecule has 0 fully saturated rings. The zero-order chi connectivity index (χ0) is 22.4. The summed E-state index contributed by atoms with van der Waals surface area (Å²) in [5.74, 6) is 4.40. The molecule has 3 aromatic carbocycles. The molecule has 0 saturated carbocycles. The Labute approximate surface area is 184 Å². The van der Waals surface area contributed by atoms with Crippen LogP contribution >= 0.6 is 7.92 Å². The molecule has 6 nitrogen and oxygen atoms in total. The minimum Gasteiger partial charge on any atom is -0.497 e. The molecule has 0 spiro atoms. The second-order valence-corrected chi connectivity index (χ2v) is 8.56. The van der Waals surface area contributed by atoms with Gasteiger partial charge >= 0.3 is 0 Å². The van der Waals surface area contributed by atoms with Crippen LogP contribution in [-0.2, 0) is 0 Å². The molecule has 0 heterocycles. The van der Waals surface area contributed by atoms with Crippen LogP contribution < -0.4 is 44.3 Å². The lowest BCUT2D eigenvalue weighted by Gasteiger charge is -2.26. The van der Waals surface area contributed by atoms with Gasteiger partial charge in [0.1, 0.15) is 34.5 Å². The first-order valence-electron chi connectivity index (χ1n) is 9.56. The highest BCUT2D eigenvalue weighted by Crippen LogP contribution is 2.44. The fourth-order valence-corrected chi connectivity index (χ4v) is 6.01. The number of methoxy groups -OCH3 is 6. The number of rotatable bonds is 9. The van der Waals surface area contributed by atoms with Gasteiger partial charge in [-0.05, 0) is 62.5 Å². The first kappa shape index (κ1) is 22.6. The van der Waals surface area contributed by atoms with E-state index >= 15 is 0 Å². The van der Waals surface area contributed by atoms with Gasteiger partial charge in [-0.15, -0.1) is 0 Å². The molecule has 0 aliphatic rings. The molecule has 0 saturated heterocycles. The Balaban J connectivity index is 2.40. The van der Waals surface area contributed by atoms with E-state index in [4.69, 9.17) is 28.4 Å². The molecule has 0 radical (unpaired) electrons. The lowest BCUT2D eigenvalue weighted by Crippen LogP contribution is -2.25. The Kier molecular flexibility index (Phi) is 7.48. The van der Waals surface area contributed by atoms with Gasteiger partial charge < -0.3 is 28.4 Å². The van der Waals surface area contributed by atoms with Crippen LogP contribution in [0.1, 0.15) is 0 Å². The SMILES string of the molecule is COc1ccc(OC)c(P(c2cc(OC)ccc2OC)c2cc(OC)ccc2OC)c1. The smallest absolute Gasteiger partial charge is 0.127 e. The van der Waals surface area contributed by atoms with Gasteiger partial charge in [0.15, 0.2) is 0 Å². The minimum atomic E-state index is -1.21. The van der Waals surface area contributed by atoms with Crippen LogP contribution in [0, 0.1) is 0 Å². The molecule has 0 N–H and O–H groups in total. The van der Waals surface area contributed by atoms with Crippen LogP contribution in [-0.4, -0.2) is 42.7 Å². The van der Waals surface area contributed by atoms with E-state index in [1.54, 1.807) is 42.7 Å². The van der Waals surface area contributed by atoms with Crippen LogP contribution in [0.15, 0.2) is 54.6 Å². The van der Waals surface area contributed by atoms with E-state index in [1.165, 1.54) is 0 Å². The van der Waals surface area contributed by atoms with Gasteiger partial charge in [-0.2, -0.15) is 0 Å². The Morgan fingerprint density at radius 3 is 0.935 bits per heavy atom. The van der Waals surface area contributed by atoms with E-state index in [0.29, 0.717) is 0 Å². The predicted octanol–water partition coefficient (Wildman–Crippen LogP) is 3.50. The third-order valence-electron chi connectivity index (χ3n) is 4.88. The largest absolute Gasteiger partial charge is 0.497 e. The molecule has 0 aliphatic heterocycles. The van der Waals surface area contributed by atoms with Crippen LogP contribution in [0.2, 0.25) is 0 Å². The van der Waals surface area contributed by atoms with Crippen LogP contribution in [0.3, 0.4) is 0 Å². The maximum Gasteiger partial charge on any atom is 0.127 e. The first-order chi connectivity index (χ1) is 15.1. The fraction of sp³-hybridized carbons (Fsp3) is 0.250. The van der Waals surface area contributed by atoms with Gasteiger partial charge in [-0.3, -0.25) is 0 Å². The van der Waals surface area contributed by atoms with Gasteiger partial charge in [0.05, 0.1) is 42.7 Å². The highest BCUT2D eigenvalue weighted by molar-refractivity contribution is 7.80. The average Bonchev–Trinajstić information content (AvgIpc) is 2.83. The molecule has 0 atom stereocenters. The zero-order valence-corrected chi connectivity index (χ0v) is 19.5. The summed E-state index contributed by atoms with van der Waals surface area (Å²) in [4.78, 5) is 0. The van der Waals surface area contributed by atoms with Crippen molar-refractivity contribution in [2.75, 3.05) is 42.7 Å². The van der Waals surface area contributed by atoms with E-state index in [2.05, 4.69) is 0 Å². The minimum absolute atomic E-state index is 0.729. The molecule has 0 aliphatic carbocycles. The molecule has 31 heavy (non-hydrogen) atoms. The first-order valence-corrected chi connectivity index (χ1v) is 10.9. The van der Waals surface area contributed by atoms with E-state index in [9.17, 15) is 0 Å². The standard InChI is InChI=1S/C24H27O6P/c1-25-16-7-10-19(28-4)22(13-16)31(23-14-17(26-2)8-11-20(23)29-5)24-15-18(27-3)9-12-21(24)30-6/h7-15H,1-6H3. The molecular formula is C24H27O6P. The average molecular weight is 442 g/mol. The molecule has 0 aromatic heterocycles. The van der Waals surface area contributed by atoms with Crippen molar-refractivity contribution < 1.29 is 28.4 Å². The normalized spacial score (nSPS) is 10.5. The number of ether oxygens (including phenoxy) is 6. The zero-order valence-electron chi connectivity index (χ0n) is 18.6. The molecule has 0 unspecified atom stereocenters. The lowest BCUT2D eigenvalue weighted by molar-refractivity contribution is 0.404. The molecule has 3 aromatic rings. The van der Waals surface area contributed by atoms with Crippen molar-refractivity contribution in [3.63, 3.8) is 0 Å². The number of hydrogen-bond acceptors (Lipinski definition) is 6. The highest BCUT2D eigenvalue weighted by atomic mass is 31.1. The van der Waals surface area contributed by atoms with Crippen LogP contribution in [0.25, 0.3) is 0 Å². The summed E-state index contributed by atoms with van der Waals surface area (Å²) >= 11 is 0. The Morgan fingerprint density at radius 1 is 0.419 bits per heavy atom. The Morgan fingerprint density at radius 2 is 0.710 bits per heavy atom. The summed E-state index contributed by atoms with van der Waals surface area (Å²) in [7, 11) is 8.70. The summed E-state index contributed by atoms with van der Waals surface area (Å²) in [6.45, 7) is 0. The fourth-order valence-electron chi connectivity index (χ4n) is 3.30. The topological polar surface area (TPSA) is 55.4 Å². The van der Waals surface area contributed by atoms with Crippen molar-refractivity contribution in [2.24, 2.45) is 0 Å². The van der Waals surface area contributed by atoms with Crippen molar-refractivity contribution in [3.05, 3.63) is 54.6 Å². The second kappa shape index (κ2) is 10.3. The summed E-state index contributed by atoms with van der Waals surface area (Å²) in [6, 6.07) is 17.3. The van der Waals surface area contributed by atoms with Crippen LogP contribution in [0.4, 0.5) is 0 Å². The number of benzene rings is 3. The highest BCUT2D eigenvalue weighted by Gasteiger charge is 2.28. The summed E-state index contributed by atoms with van der Waals surface area (Å²) in [5.41, 5.74) is 0. The molecule has 7 heteroatoms. The van der Waals surface area contributed by atoms with E-state index in [0.717, 1.165) is 50.4 Å². The second-order valence-electron chi connectivity index (χ2n) is 6.45. The van der Waals surface area contributed by atoms with Crippen molar-refractivity contribution in [1.29, 1.82) is 0 Å². The third kappa shape index (κ3) is 4.64. The van der Waals surface area contributed by atoms with E-state index < -0.39 is 7.92 Å². The number of hydrogen-bond donors (Lipinski definition) is 0. The lowest BCUT2D eigenvalue weighted by atomic mass is 10.3. The van der Waals surface area contributed by atoms with Crippen molar-refractivity contribution in [3.8, 4) is 34.5 Å². The monoisotopic (exact) mass is 442 g/mol. The molecule has 0 amide bonds.